The van der Waals surface area contributed by atoms with Crippen LogP contribution >= 0.6 is 0 Å². The standard InChI is InChI=1S/C29H46O3/c1-19(8-7-17-30)21-11-13-27(6)23-10-9-22-25(3,4)24(32-20(2)31)12-14-28(22)18-29(23,28)16-15-26(21,27)5/h17,19,21-24H,7-16,18H2,1-6H3/t19-,21-,22?,23+,24+,26-,27?,28-,29?/m1/s1. The minimum atomic E-state index is -0.111. The first-order valence-electron chi connectivity index (χ1n) is 13.6. The molecule has 0 aliphatic heterocycles. The SMILES string of the molecule is CC(=O)O[C@H]1CC[C@]23CC24CC[C@]2(C)[C@@H]([C@H](C)CCC=O)CCC2(C)[C@@H]4CCC3C1(C)C. The van der Waals surface area contributed by atoms with Gasteiger partial charge in [0.2, 0.25) is 0 Å². The van der Waals surface area contributed by atoms with E-state index >= 15 is 0 Å². The Balaban J connectivity index is 1.43. The maximum Gasteiger partial charge on any atom is 0.302 e. The molecule has 32 heavy (non-hydrogen) atoms. The van der Waals surface area contributed by atoms with Gasteiger partial charge in [-0.15, -0.1) is 0 Å². The summed E-state index contributed by atoms with van der Waals surface area (Å²) in [5.74, 6) is 2.87. The number of carbonyl (C=O) groups is 2. The molecule has 180 valence electrons. The second-order valence-electron chi connectivity index (χ2n) is 13.8. The molecular weight excluding hydrogens is 396 g/mol. The Hall–Kier alpha value is -0.860. The lowest BCUT2D eigenvalue weighted by atomic mass is 9.41. The molecule has 5 fully saturated rings. The number of carbonyl (C=O) groups excluding carboxylic acids is 2. The minimum absolute atomic E-state index is 0.0849. The number of aldehydes is 1. The lowest BCUT2D eigenvalue weighted by Crippen LogP contribution is -2.58. The van der Waals surface area contributed by atoms with Gasteiger partial charge < -0.3 is 9.53 Å². The van der Waals surface area contributed by atoms with E-state index in [4.69, 9.17) is 4.74 Å². The first kappa shape index (κ1) is 22.9. The lowest BCUT2D eigenvalue weighted by molar-refractivity contribution is -0.181. The molecule has 0 saturated heterocycles. The highest BCUT2D eigenvalue weighted by Crippen LogP contribution is 2.89. The number of fused-ring (bicyclic) bond motifs is 2. The first-order chi connectivity index (χ1) is 15.0. The van der Waals surface area contributed by atoms with Gasteiger partial charge in [0, 0.05) is 18.8 Å². The van der Waals surface area contributed by atoms with Gasteiger partial charge in [-0.3, -0.25) is 4.79 Å². The molecule has 0 aromatic heterocycles. The van der Waals surface area contributed by atoms with Gasteiger partial charge in [0.25, 0.3) is 0 Å². The van der Waals surface area contributed by atoms with Gasteiger partial charge in [0.05, 0.1) is 0 Å². The third kappa shape index (κ3) is 2.66. The summed E-state index contributed by atoms with van der Waals surface area (Å²) in [5.41, 5.74) is 2.00. The van der Waals surface area contributed by atoms with Gasteiger partial charge in [-0.25, -0.2) is 0 Å². The summed E-state index contributed by atoms with van der Waals surface area (Å²) in [5, 5.41) is 0. The van der Waals surface area contributed by atoms with Crippen LogP contribution < -0.4 is 0 Å². The van der Waals surface area contributed by atoms with Gasteiger partial charge in [-0.1, -0.05) is 34.6 Å². The molecule has 5 rings (SSSR count). The molecule has 3 unspecified atom stereocenters. The fourth-order valence-electron chi connectivity index (χ4n) is 11.2. The van der Waals surface area contributed by atoms with Crippen molar-refractivity contribution < 1.29 is 14.3 Å². The molecular formula is C29H46O3. The summed E-state index contributed by atoms with van der Waals surface area (Å²) in [6, 6.07) is 0. The normalized spacial score (nSPS) is 51.4. The second-order valence-corrected chi connectivity index (χ2v) is 13.8. The molecule has 0 aromatic carbocycles. The average molecular weight is 443 g/mol. The van der Waals surface area contributed by atoms with Crippen LogP contribution in [0.2, 0.25) is 0 Å². The van der Waals surface area contributed by atoms with E-state index in [1.165, 1.54) is 51.4 Å². The Bertz CT molecular complexity index is 802. The van der Waals surface area contributed by atoms with Crippen LogP contribution in [0, 0.1) is 50.7 Å². The molecule has 5 aliphatic carbocycles. The predicted molar refractivity (Wildman–Crippen MR) is 127 cm³/mol. The number of hydrogen-bond acceptors (Lipinski definition) is 3. The molecule has 9 atom stereocenters. The summed E-state index contributed by atoms with van der Waals surface area (Å²) in [6.45, 7) is 14.1. The highest BCUT2D eigenvalue weighted by molar-refractivity contribution is 5.66. The summed E-state index contributed by atoms with van der Waals surface area (Å²) in [4.78, 5) is 22.8. The monoisotopic (exact) mass is 442 g/mol. The molecule has 3 heteroatoms. The van der Waals surface area contributed by atoms with Gasteiger partial charge in [0.15, 0.2) is 0 Å². The fraction of sp³-hybridized carbons (Fsp3) is 0.931. The highest BCUT2D eigenvalue weighted by atomic mass is 16.5. The Morgan fingerprint density at radius 3 is 2.31 bits per heavy atom. The predicted octanol–water partition coefficient (Wildman–Crippen LogP) is 6.97. The molecule has 0 radical (unpaired) electrons. The van der Waals surface area contributed by atoms with Gasteiger partial charge in [-0.05, 0) is 110 Å². The van der Waals surface area contributed by atoms with E-state index in [9.17, 15) is 9.59 Å². The van der Waals surface area contributed by atoms with Gasteiger partial charge in [0.1, 0.15) is 12.4 Å². The van der Waals surface area contributed by atoms with E-state index in [1.807, 2.05) is 0 Å². The van der Waals surface area contributed by atoms with Gasteiger partial charge in [-0.2, -0.15) is 0 Å². The zero-order valence-corrected chi connectivity index (χ0v) is 21.5. The van der Waals surface area contributed by atoms with E-state index < -0.39 is 0 Å². The van der Waals surface area contributed by atoms with E-state index in [2.05, 4.69) is 34.6 Å². The van der Waals surface area contributed by atoms with Crippen LogP contribution in [0.25, 0.3) is 0 Å². The molecule has 0 aromatic rings. The molecule has 0 bridgehead atoms. The molecule has 5 saturated carbocycles. The summed E-state index contributed by atoms with van der Waals surface area (Å²) < 4.78 is 5.87. The summed E-state index contributed by atoms with van der Waals surface area (Å²) in [6.07, 6.45) is 14.9. The first-order valence-corrected chi connectivity index (χ1v) is 13.6. The zero-order chi connectivity index (χ0) is 23.2. The van der Waals surface area contributed by atoms with Crippen LogP contribution in [-0.2, 0) is 14.3 Å². The van der Waals surface area contributed by atoms with Crippen molar-refractivity contribution >= 4 is 12.3 Å². The topological polar surface area (TPSA) is 43.4 Å². The number of esters is 1. The molecule has 0 N–H and O–H groups in total. The van der Waals surface area contributed by atoms with Crippen molar-refractivity contribution in [3.05, 3.63) is 0 Å². The highest BCUT2D eigenvalue weighted by Gasteiger charge is 2.82. The van der Waals surface area contributed by atoms with Crippen LogP contribution in [0.4, 0.5) is 0 Å². The number of hydrogen-bond donors (Lipinski definition) is 0. The maximum atomic E-state index is 11.8. The summed E-state index contributed by atoms with van der Waals surface area (Å²) in [7, 11) is 0. The fourth-order valence-corrected chi connectivity index (χ4v) is 11.2. The van der Waals surface area contributed by atoms with E-state index in [1.54, 1.807) is 6.92 Å². The van der Waals surface area contributed by atoms with Crippen LogP contribution in [0.3, 0.4) is 0 Å². The molecule has 3 nitrogen and oxygen atoms in total. The molecule has 0 heterocycles. The maximum absolute atomic E-state index is 11.8. The van der Waals surface area contributed by atoms with Crippen LogP contribution in [0.15, 0.2) is 0 Å². The largest absolute Gasteiger partial charge is 0.462 e. The van der Waals surface area contributed by atoms with Crippen LogP contribution in [0.5, 0.6) is 0 Å². The average Bonchev–Trinajstić information content (AvgIpc) is 3.31. The van der Waals surface area contributed by atoms with Gasteiger partial charge >= 0.3 is 5.97 Å². The Morgan fingerprint density at radius 2 is 1.62 bits per heavy atom. The minimum Gasteiger partial charge on any atom is -0.462 e. The molecule has 5 aliphatic rings. The van der Waals surface area contributed by atoms with Crippen molar-refractivity contribution in [2.24, 2.45) is 50.7 Å². The van der Waals surface area contributed by atoms with Crippen molar-refractivity contribution in [1.29, 1.82) is 0 Å². The van der Waals surface area contributed by atoms with Crippen molar-refractivity contribution in [2.45, 2.75) is 118 Å². The van der Waals surface area contributed by atoms with Crippen LogP contribution in [0.1, 0.15) is 112 Å². The number of rotatable bonds is 5. The third-order valence-electron chi connectivity index (χ3n) is 12.8. The van der Waals surface area contributed by atoms with E-state index in [0.717, 1.165) is 37.4 Å². The smallest absolute Gasteiger partial charge is 0.302 e. The number of ether oxygens (including phenoxy) is 1. The Kier molecular flexibility index (Phi) is 5.07. The second kappa shape index (κ2) is 7.08. The quantitative estimate of drug-likeness (QED) is 0.341. The molecule has 2 spiro atoms. The Labute approximate surface area is 195 Å². The van der Waals surface area contributed by atoms with Crippen molar-refractivity contribution in [3.8, 4) is 0 Å². The van der Waals surface area contributed by atoms with E-state index in [-0.39, 0.29) is 17.5 Å². The zero-order valence-electron chi connectivity index (χ0n) is 21.5. The Morgan fingerprint density at radius 1 is 0.938 bits per heavy atom. The lowest BCUT2D eigenvalue weighted by Gasteiger charge is -2.63. The third-order valence-corrected chi connectivity index (χ3v) is 12.8. The summed E-state index contributed by atoms with van der Waals surface area (Å²) >= 11 is 0. The van der Waals surface area contributed by atoms with E-state index in [0.29, 0.717) is 33.5 Å². The van der Waals surface area contributed by atoms with Crippen molar-refractivity contribution in [3.63, 3.8) is 0 Å². The van der Waals surface area contributed by atoms with Crippen molar-refractivity contribution in [1.82, 2.24) is 0 Å². The van der Waals surface area contributed by atoms with Crippen LogP contribution in [-0.4, -0.2) is 18.4 Å². The molecule has 0 amide bonds. The van der Waals surface area contributed by atoms with Crippen molar-refractivity contribution in [2.75, 3.05) is 0 Å².